The number of amides is 3. The standard InChI is InChI=1S/C18H29N5O3/c24-17(21-14-5-2-1-3-6-14)8-9-19-18(25)22-15-11-20-23(12-15)13-16-7-4-10-26-16/h11-12,14,16H,1-10,13H2,(H,21,24)(H2,19,22,25). The van der Waals surface area contributed by atoms with E-state index in [1.165, 1.54) is 19.3 Å². The Morgan fingerprint density at radius 3 is 2.81 bits per heavy atom. The van der Waals surface area contributed by atoms with Gasteiger partial charge in [0.1, 0.15) is 0 Å². The molecular weight excluding hydrogens is 334 g/mol. The maximum atomic E-state index is 11.9. The third kappa shape index (κ3) is 6.01. The van der Waals surface area contributed by atoms with Crippen LogP contribution in [0.15, 0.2) is 12.4 Å². The highest BCUT2D eigenvalue weighted by Gasteiger charge is 2.17. The van der Waals surface area contributed by atoms with Crippen molar-refractivity contribution in [1.82, 2.24) is 20.4 Å². The molecule has 2 aliphatic rings. The monoisotopic (exact) mass is 363 g/mol. The van der Waals surface area contributed by atoms with Crippen LogP contribution in [0.25, 0.3) is 0 Å². The highest BCUT2D eigenvalue weighted by atomic mass is 16.5. The van der Waals surface area contributed by atoms with Crippen LogP contribution in [-0.4, -0.2) is 47.0 Å². The summed E-state index contributed by atoms with van der Waals surface area (Å²) in [6, 6.07) is -0.0214. The molecule has 0 spiro atoms. The first-order valence-corrected chi connectivity index (χ1v) is 9.67. The van der Waals surface area contributed by atoms with Gasteiger partial charge in [-0.15, -0.1) is 0 Å². The van der Waals surface area contributed by atoms with Gasteiger partial charge in [-0.1, -0.05) is 19.3 Å². The van der Waals surface area contributed by atoms with Crippen molar-refractivity contribution in [3.05, 3.63) is 12.4 Å². The zero-order valence-corrected chi connectivity index (χ0v) is 15.2. The fraction of sp³-hybridized carbons (Fsp3) is 0.722. The molecule has 8 heteroatoms. The summed E-state index contributed by atoms with van der Waals surface area (Å²) >= 11 is 0. The first-order valence-electron chi connectivity index (χ1n) is 9.67. The van der Waals surface area contributed by atoms with Crippen LogP contribution >= 0.6 is 0 Å². The molecule has 3 N–H and O–H groups in total. The van der Waals surface area contributed by atoms with Crippen molar-refractivity contribution in [2.75, 3.05) is 18.5 Å². The lowest BCUT2D eigenvalue weighted by molar-refractivity contribution is -0.121. The summed E-state index contributed by atoms with van der Waals surface area (Å²) in [5.41, 5.74) is 0.632. The average molecular weight is 363 g/mol. The molecule has 144 valence electrons. The quantitative estimate of drug-likeness (QED) is 0.690. The van der Waals surface area contributed by atoms with Gasteiger partial charge in [0.2, 0.25) is 5.91 Å². The van der Waals surface area contributed by atoms with Gasteiger partial charge in [0.15, 0.2) is 0 Å². The third-order valence-corrected chi connectivity index (χ3v) is 4.91. The van der Waals surface area contributed by atoms with E-state index < -0.39 is 0 Å². The lowest BCUT2D eigenvalue weighted by atomic mass is 9.95. The van der Waals surface area contributed by atoms with E-state index in [0.29, 0.717) is 31.2 Å². The van der Waals surface area contributed by atoms with Crippen LogP contribution in [0.3, 0.4) is 0 Å². The van der Waals surface area contributed by atoms with Crippen molar-refractivity contribution in [2.45, 2.75) is 70.1 Å². The van der Waals surface area contributed by atoms with Gasteiger partial charge < -0.3 is 20.7 Å². The lowest BCUT2D eigenvalue weighted by Gasteiger charge is -2.22. The second-order valence-electron chi connectivity index (χ2n) is 7.12. The number of ether oxygens (including phenoxy) is 1. The van der Waals surface area contributed by atoms with E-state index in [2.05, 4.69) is 21.0 Å². The topological polar surface area (TPSA) is 97.3 Å². The van der Waals surface area contributed by atoms with Crippen LogP contribution in [0.5, 0.6) is 0 Å². The number of hydrogen-bond acceptors (Lipinski definition) is 4. The molecule has 2 heterocycles. The van der Waals surface area contributed by atoms with Crippen molar-refractivity contribution in [2.24, 2.45) is 0 Å². The van der Waals surface area contributed by atoms with Crippen LogP contribution in [0.1, 0.15) is 51.4 Å². The van der Waals surface area contributed by atoms with Crippen molar-refractivity contribution < 1.29 is 14.3 Å². The van der Waals surface area contributed by atoms with Gasteiger partial charge in [-0.05, 0) is 25.7 Å². The van der Waals surface area contributed by atoms with Gasteiger partial charge in [0.05, 0.1) is 24.5 Å². The van der Waals surface area contributed by atoms with E-state index in [0.717, 1.165) is 32.3 Å². The zero-order chi connectivity index (χ0) is 18.2. The first kappa shape index (κ1) is 18.7. The van der Waals surface area contributed by atoms with Crippen LogP contribution in [0.2, 0.25) is 0 Å². The van der Waals surface area contributed by atoms with Gasteiger partial charge in [0, 0.05) is 31.8 Å². The number of carbonyl (C=O) groups is 2. The van der Waals surface area contributed by atoms with Gasteiger partial charge >= 0.3 is 6.03 Å². The summed E-state index contributed by atoms with van der Waals surface area (Å²) in [6.07, 6.45) is 11.8. The average Bonchev–Trinajstić information content (AvgIpc) is 3.28. The molecule has 0 radical (unpaired) electrons. The molecule has 1 aliphatic heterocycles. The van der Waals surface area contributed by atoms with Crippen molar-refractivity contribution in [3.8, 4) is 0 Å². The molecule has 1 saturated heterocycles. The molecule has 1 unspecified atom stereocenters. The largest absolute Gasteiger partial charge is 0.376 e. The highest BCUT2D eigenvalue weighted by molar-refractivity contribution is 5.89. The summed E-state index contributed by atoms with van der Waals surface area (Å²) in [5, 5.41) is 12.7. The predicted molar refractivity (Wildman–Crippen MR) is 97.9 cm³/mol. The minimum absolute atomic E-state index is 0.00147. The van der Waals surface area contributed by atoms with Crippen molar-refractivity contribution in [1.29, 1.82) is 0 Å². The van der Waals surface area contributed by atoms with Gasteiger partial charge in [-0.2, -0.15) is 5.10 Å². The molecule has 3 rings (SSSR count). The lowest BCUT2D eigenvalue weighted by Crippen LogP contribution is -2.38. The van der Waals surface area contributed by atoms with E-state index >= 15 is 0 Å². The number of urea groups is 1. The molecule has 2 fully saturated rings. The molecule has 1 aromatic rings. The Morgan fingerprint density at radius 1 is 1.19 bits per heavy atom. The number of carbonyl (C=O) groups excluding carboxylic acids is 2. The van der Waals surface area contributed by atoms with Crippen molar-refractivity contribution >= 4 is 17.6 Å². The summed E-state index contributed by atoms with van der Waals surface area (Å²) in [7, 11) is 0. The van der Waals surface area contributed by atoms with Gasteiger partial charge in [-0.25, -0.2) is 4.79 Å². The Morgan fingerprint density at radius 2 is 2.04 bits per heavy atom. The summed E-state index contributed by atoms with van der Waals surface area (Å²) < 4.78 is 7.36. The van der Waals surface area contributed by atoms with Gasteiger partial charge in [0.25, 0.3) is 0 Å². The van der Waals surface area contributed by atoms with Crippen molar-refractivity contribution in [3.63, 3.8) is 0 Å². The Bertz CT molecular complexity index is 591. The third-order valence-electron chi connectivity index (χ3n) is 4.91. The number of rotatable bonds is 7. The van der Waals surface area contributed by atoms with Crippen LogP contribution in [0.4, 0.5) is 10.5 Å². The van der Waals surface area contributed by atoms with Crippen LogP contribution in [0, 0.1) is 0 Å². The maximum absolute atomic E-state index is 11.9. The predicted octanol–water partition coefficient (Wildman–Crippen LogP) is 2.02. The molecule has 8 nitrogen and oxygen atoms in total. The van der Waals surface area contributed by atoms with E-state index in [1.54, 1.807) is 17.1 Å². The fourth-order valence-electron chi connectivity index (χ4n) is 3.54. The van der Waals surface area contributed by atoms with E-state index in [1.807, 2.05) is 0 Å². The molecule has 1 aromatic heterocycles. The number of nitrogens with zero attached hydrogens (tertiary/aromatic N) is 2. The molecule has 1 atom stereocenters. The summed E-state index contributed by atoms with van der Waals surface area (Å²) in [5.74, 6) is 0.00147. The summed E-state index contributed by atoms with van der Waals surface area (Å²) in [4.78, 5) is 23.8. The Hall–Kier alpha value is -2.09. The minimum Gasteiger partial charge on any atom is -0.376 e. The number of nitrogens with one attached hydrogen (secondary N) is 3. The normalized spacial score (nSPS) is 20.7. The minimum atomic E-state index is -0.327. The SMILES string of the molecule is O=C(CCNC(=O)Nc1cnn(CC2CCCO2)c1)NC1CCCCC1. The Balaban J connectivity index is 1.31. The molecule has 26 heavy (non-hydrogen) atoms. The highest BCUT2D eigenvalue weighted by Crippen LogP contribution is 2.17. The number of aromatic nitrogens is 2. The first-order chi connectivity index (χ1) is 12.7. The Kier molecular flexibility index (Phi) is 6.88. The van der Waals surface area contributed by atoms with Crippen LogP contribution in [-0.2, 0) is 16.1 Å². The zero-order valence-electron chi connectivity index (χ0n) is 15.2. The van der Waals surface area contributed by atoms with E-state index in [-0.39, 0.29) is 18.0 Å². The smallest absolute Gasteiger partial charge is 0.319 e. The van der Waals surface area contributed by atoms with Crippen LogP contribution < -0.4 is 16.0 Å². The second-order valence-corrected chi connectivity index (χ2v) is 7.12. The second kappa shape index (κ2) is 9.56. The molecule has 3 amide bonds. The molecule has 1 aliphatic carbocycles. The summed E-state index contributed by atoms with van der Waals surface area (Å²) in [6.45, 7) is 1.83. The molecule has 1 saturated carbocycles. The number of anilines is 1. The van der Waals surface area contributed by atoms with E-state index in [9.17, 15) is 9.59 Å². The van der Waals surface area contributed by atoms with Gasteiger partial charge in [-0.3, -0.25) is 9.48 Å². The maximum Gasteiger partial charge on any atom is 0.319 e. The van der Waals surface area contributed by atoms with E-state index in [4.69, 9.17) is 4.74 Å². The molecular formula is C18H29N5O3. The fourth-order valence-corrected chi connectivity index (χ4v) is 3.54. The Labute approximate surface area is 154 Å². The molecule has 0 aromatic carbocycles. The number of hydrogen-bond donors (Lipinski definition) is 3. The molecule has 0 bridgehead atoms.